The highest BCUT2D eigenvalue weighted by atomic mass is 16.2. The number of rotatable bonds is 15. The van der Waals surface area contributed by atoms with Gasteiger partial charge < -0.3 is 4.90 Å². The van der Waals surface area contributed by atoms with E-state index in [1.54, 1.807) is 0 Å². The molecule has 0 aromatic heterocycles. The Hall–Kier alpha value is -2.19. The largest absolute Gasteiger partial charge is 0.373 e. The third kappa shape index (κ3) is 13.0. The average Bonchev–Trinajstić information content (AvgIpc) is 3.21. The zero-order chi connectivity index (χ0) is 22.6. The van der Waals surface area contributed by atoms with Crippen molar-refractivity contribution >= 4 is 12.1 Å². The number of carbonyl (C=O) groups is 1. The van der Waals surface area contributed by atoms with Crippen molar-refractivity contribution in [1.82, 2.24) is 4.90 Å². The van der Waals surface area contributed by atoms with Crippen molar-refractivity contribution in [2.24, 2.45) is 0 Å². The summed E-state index contributed by atoms with van der Waals surface area (Å²) in [7, 11) is 0. The molecule has 4 nitrogen and oxygen atoms in total. The van der Waals surface area contributed by atoms with E-state index in [9.17, 15) is 4.79 Å². The third-order valence-corrected chi connectivity index (χ3v) is 5.85. The normalized spacial score (nSPS) is 12.4. The molecule has 0 fully saturated rings. The zero-order valence-electron chi connectivity index (χ0n) is 19.4. The van der Waals surface area contributed by atoms with Crippen molar-refractivity contribution in [1.29, 1.82) is 0 Å². The van der Waals surface area contributed by atoms with Crippen molar-refractivity contribution in [3.63, 3.8) is 0 Å². The molecule has 31 heavy (non-hydrogen) atoms. The molecule has 0 radical (unpaired) electrons. The number of nitrogens with zero attached hydrogens (tertiary/aromatic N) is 1. The van der Waals surface area contributed by atoms with Gasteiger partial charge in [0.05, 0.1) is 0 Å². The number of hydrogen-bond donors (Lipinski definition) is 0. The fourth-order valence-corrected chi connectivity index (χ4v) is 4.01. The number of carbonyl (C=O) groups excluding carboxylic acids is 3. The minimum Gasteiger partial charge on any atom is -0.334 e. The molecule has 0 N–H and O–H groups in total. The van der Waals surface area contributed by atoms with Gasteiger partial charge in [0.1, 0.15) is 0 Å². The minimum atomic E-state index is 0.250. The second-order valence-electron chi connectivity index (χ2n) is 8.44. The van der Waals surface area contributed by atoms with E-state index in [-0.39, 0.29) is 6.15 Å². The van der Waals surface area contributed by atoms with Crippen LogP contribution in [0.4, 0.5) is 0 Å². The minimum absolute atomic E-state index is 0.250. The molecule has 1 heterocycles. The van der Waals surface area contributed by atoms with Gasteiger partial charge in [-0.3, -0.25) is 4.79 Å². The monoisotopic (exact) mass is 427 g/mol. The van der Waals surface area contributed by atoms with E-state index in [2.05, 4.69) is 43.3 Å². The summed E-state index contributed by atoms with van der Waals surface area (Å²) in [6.45, 7) is 3.89. The summed E-state index contributed by atoms with van der Waals surface area (Å²) in [5, 5.41) is 0. The molecule has 0 spiro atoms. The highest BCUT2D eigenvalue weighted by molar-refractivity contribution is 5.76. The van der Waals surface area contributed by atoms with Crippen LogP contribution < -0.4 is 0 Å². The van der Waals surface area contributed by atoms with Crippen LogP contribution in [-0.2, 0) is 27.5 Å². The number of hydrogen-bond acceptors (Lipinski definition) is 3. The van der Waals surface area contributed by atoms with Gasteiger partial charge in [-0.05, 0) is 43.2 Å². The van der Waals surface area contributed by atoms with Crippen molar-refractivity contribution in [2.75, 3.05) is 0 Å². The smallest absolute Gasteiger partial charge is 0.334 e. The lowest BCUT2D eigenvalue weighted by Crippen LogP contribution is -2.24. The van der Waals surface area contributed by atoms with Gasteiger partial charge in [0, 0.05) is 19.5 Å². The van der Waals surface area contributed by atoms with Gasteiger partial charge in [0.25, 0.3) is 0 Å². The molecule has 1 amide bonds. The van der Waals surface area contributed by atoms with Gasteiger partial charge in [0.2, 0.25) is 5.91 Å². The third-order valence-electron chi connectivity index (χ3n) is 5.85. The molecule has 1 aromatic rings. The first kappa shape index (κ1) is 26.8. The summed E-state index contributed by atoms with van der Waals surface area (Å²) in [6.07, 6.45) is 22.6. The summed E-state index contributed by atoms with van der Waals surface area (Å²) in [5.41, 5.74) is 2.64. The average molecular weight is 428 g/mol. The highest BCUT2D eigenvalue weighted by Gasteiger charge is 2.21. The molecule has 0 bridgehead atoms. The van der Waals surface area contributed by atoms with Crippen LogP contribution in [0, 0.1) is 0 Å². The van der Waals surface area contributed by atoms with E-state index < -0.39 is 0 Å². The van der Waals surface area contributed by atoms with Crippen LogP contribution in [0.3, 0.4) is 0 Å². The number of amides is 1. The van der Waals surface area contributed by atoms with Gasteiger partial charge in [-0.15, -0.1) is 0 Å². The summed E-state index contributed by atoms with van der Waals surface area (Å²) in [6, 6.07) is 8.42. The maximum absolute atomic E-state index is 12.4. The Morgan fingerprint density at radius 3 is 1.77 bits per heavy atom. The molecule has 0 aliphatic carbocycles. The van der Waals surface area contributed by atoms with Crippen molar-refractivity contribution in [2.45, 2.75) is 110 Å². The number of unbranched alkanes of at least 4 members (excludes halogenated alkanes) is 11. The van der Waals surface area contributed by atoms with Crippen LogP contribution in [0.15, 0.2) is 36.4 Å². The first-order valence-electron chi connectivity index (χ1n) is 12.2. The van der Waals surface area contributed by atoms with Gasteiger partial charge in [-0.25, -0.2) is 0 Å². The molecule has 1 aromatic carbocycles. The second-order valence-corrected chi connectivity index (χ2v) is 8.44. The molecule has 1 aliphatic rings. The molecular weight excluding hydrogens is 386 g/mol. The molecule has 0 atom stereocenters. The molecule has 172 valence electrons. The van der Waals surface area contributed by atoms with Crippen LogP contribution in [0.2, 0.25) is 0 Å². The highest BCUT2D eigenvalue weighted by Crippen LogP contribution is 2.23. The molecule has 1 aliphatic heterocycles. The Labute approximate surface area is 189 Å². The van der Waals surface area contributed by atoms with Crippen LogP contribution in [0.5, 0.6) is 0 Å². The summed E-state index contributed by atoms with van der Waals surface area (Å²) in [5.74, 6) is 0.328. The van der Waals surface area contributed by atoms with E-state index in [1.807, 2.05) is 4.90 Å². The lowest BCUT2D eigenvalue weighted by atomic mass is 10.1. The van der Waals surface area contributed by atoms with Crippen molar-refractivity contribution < 1.29 is 14.4 Å². The standard InChI is InChI=1S/C26H41NO.CO2/c1-2-3-4-5-6-7-8-9-10-11-12-13-14-15-16-21-26(28)27-22-24-19-17-18-20-25(24)23-27;2-1-3/h9-10,17-20H,2-8,11-16,21-23H2,1H3;/b10-9-;. The molecule has 0 saturated carbocycles. The topological polar surface area (TPSA) is 54.5 Å². The Kier molecular flexibility index (Phi) is 16.1. The molecule has 4 heteroatoms. The maximum Gasteiger partial charge on any atom is 0.373 e. The SMILES string of the molecule is CCCCCCCC/C=C\CCCCCCCC(=O)N1Cc2ccccc2C1.O=C=O. The Balaban J connectivity index is 0.00000151. The quantitative estimate of drug-likeness (QED) is 0.224. The maximum atomic E-state index is 12.4. The molecule has 2 rings (SSSR count). The van der Waals surface area contributed by atoms with Crippen LogP contribution >= 0.6 is 0 Å². The predicted molar refractivity (Wildman–Crippen MR) is 125 cm³/mol. The first-order chi connectivity index (χ1) is 15.2. The fourth-order valence-electron chi connectivity index (χ4n) is 4.01. The van der Waals surface area contributed by atoms with E-state index in [1.165, 1.54) is 88.2 Å². The molecule has 0 saturated heterocycles. The number of benzene rings is 1. The molecule has 0 unspecified atom stereocenters. The van der Waals surface area contributed by atoms with Crippen LogP contribution in [0.25, 0.3) is 0 Å². The number of fused-ring (bicyclic) bond motifs is 1. The lowest BCUT2D eigenvalue weighted by molar-refractivity contribution is -0.191. The van der Waals surface area contributed by atoms with E-state index in [0.29, 0.717) is 12.3 Å². The summed E-state index contributed by atoms with van der Waals surface area (Å²) < 4.78 is 0. The Morgan fingerprint density at radius 1 is 0.806 bits per heavy atom. The zero-order valence-corrected chi connectivity index (χ0v) is 19.4. The van der Waals surface area contributed by atoms with Gasteiger partial charge in [-0.2, -0.15) is 9.59 Å². The fraction of sp³-hybridized carbons (Fsp3) is 0.630. The van der Waals surface area contributed by atoms with Gasteiger partial charge in [0.15, 0.2) is 0 Å². The van der Waals surface area contributed by atoms with E-state index in [4.69, 9.17) is 9.59 Å². The van der Waals surface area contributed by atoms with Crippen LogP contribution in [-0.4, -0.2) is 17.0 Å². The summed E-state index contributed by atoms with van der Waals surface area (Å²) in [4.78, 5) is 30.6. The second kappa shape index (κ2) is 18.6. The number of allylic oxidation sites excluding steroid dienone is 2. The predicted octanol–water partition coefficient (Wildman–Crippen LogP) is 6.98. The van der Waals surface area contributed by atoms with Crippen molar-refractivity contribution in [3.8, 4) is 0 Å². The Morgan fingerprint density at radius 2 is 1.26 bits per heavy atom. The Bertz CT molecular complexity index is 637. The van der Waals surface area contributed by atoms with Gasteiger partial charge in [-0.1, -0.05) is 94.7 Å². The summed E-state index contributed by atoms with van der Waals surface area (Å²) >= 11 is 0. The lowest BCUT2D eigenvalue weighted by Gasteiger charge is -2.15. The first-order valence-corrected chi connectivity index (χ1v) is 12.2. The van der Waals surface area contributed by atoms with Crippen molar-refractivity contribution in [3.05, 3.63) is 47.5 Å². The van der Waals surface area contributed by atoms with Gasteiger partial charge >= 0.3 is 6.15 Å². The van der Waals surface area contributed by atoms with Crippen LogP contribution in [0.1, 0.15) is 108 Å². The molecular formula is C27H41NO3. The van der Waals surface area contributed by atoms with E-state index in [0.717, 1.165) is 19.5 Å². The van der Waals surface area contributed by atoms with E-state index >= 15 is 0 Å².